The molecule has 1 aliphatic heterocycles. The average molecular weight is 474 g/mol. The number of ether oxygens (including phenoxy) is 2. The minimum atomic E-state index is -0.573. The van der Waals surface area contributed by atoms with Crippen LogP contribution in [-0.4, -0.2) is 34.3 Å². The molecule has 1 unspecified atom stereocenters. The van der Waals surface area contributed by atoms with Gasteiger partial charge in [0.1, 0.15) is 11.4 Å². The van der Waals surface area contributed by atoms with Crippen LogP contribution < -0.4 is 4.74 Å². The molecular formula is C29H35N3O3. The van der Waals surface area contributed by atoms with Crippen LogP contribution in [0.25, 0.3) is 15.7 Å². The van der Waals surface area contributed by atoms with E-state index in [1.807, 2.05) is 52.0 Å². The fourth-order valence-corrected chi connectivity index (χ4v) is 5.19. The Kier molecular flexibility index (Phi) is 6.91. The van der Waals surface area contributed by atoms with Crippen LogP contribution in [0.3, 0.4) is 0 Å². The summed E-state index contributed by atoms with van der Waals surface area (Å²) >= 11 is 0. The van der Waals surface area contributed by atoms with Gasteiger partial charge in [0, 0.05) is 35.8 Å². The van der Waals surface area contributed by atoms with Crippen molar-refractivity contribution in [1.29, 1.82) is 0 Å². The topological polar surface area (TPSA) is 48.1 Å². The van der Waals surface area contributed by atoms with E-state index < -0.39 is 5.60 Å². The molecule has 0 spiro atoms. The van der Waals surface area contributed by atoms with Crippen molar-refractivity contribution < 1.29 is 14.3 Å². The van der Waals surface area contributed by atoms with E-state index in [1.54, 1.807) is 17.9 Å². The number of carbonyl (C=O) groups is 1. The van der Waals surface area contributed by atoms with Gasteiger partial charge < -0.3 is 9.47 Å². The fraction of sp³-hybridized carbons (Fsp3) is 0.448. The predicted octanol–water partition coefficient (Wildman–Crippen LogP) is 7.41. The fourth-order valence-electron chi connectivity index (χ4n) is 5.19. The van der Waals surface area contributed by atoms with Crippen molar-refractivity contribution in [1.82, 2.24) is 9.47 Å². The number of hydrogen-bond acceptors (Lipinski definition) is 4. The van der Waals surface area contributed by atoms with E-state index in [-0.39, 0.29) is 12.1 Å². The van der Waals surface area contributed by atoms with Crippen LogP contribution in [0, 0.1) is 13.5 Å². The second-order valence-corrected chi connectivity index (χ2v) is 10.5. The molecule has 0 radical (unpaired) electrons. The molecule has 0 N–H and O–H groups in total. The first-order chi connectivity index (χ1) is 16.6. The lowest BCUT2D eigenvalue weighted by Gasteiger charge is -2.41. The Balaban J connectivity index is 1.76. The maximum Gasteiger partial charge on any atom is 0.419 e. The van der Waals surface area contributed by atoms with Crippen LogP contribution >= 0.6 is 0 Å². The van der Waals surface area contributed by atoms with Gasteiger partial charge in [-0.1, -0.05) is 30.7 Å². The minimum Gasteiger partial charge on any atom is -0.496 e. The van der Waals surface area contributed by atoms with Crippen molar-refractivity contribution in [3.8, 4) is 5.75 Å². The lowest BCUT2D eigenvalue weighted by atomic mass is 9.90. The first-order valence-electron chi connectivity index (χ1n) is 12.3. The number of fused-ring (bicyclic) bond motifs is 1. The summed E-state index contributed by atoms with van der Waals surface area (Å²) in [6, 6.07) is 12.7. The molecule has 35 heavy (non-hydrogen) atoms. The van der Waals surface area contributed by atoms with Gasteiger partial charge >= 0.3 is 6.09 Å². The molecule has 2 aromatic carbocycles. The number of hydrogen-bond donors (Lipinski definition) is 0. The third-order valence-electron chi connectivity index (χ3n) is 6.85. The van der Waals surface area contributed by atoms with E-state index in [2.05, 4.69) is 28.8 Å². The van der Waals surface area contributed by atoms with Crippen molar-refractivity contribution in [2.24, 2.45) is 0 Å². The molecule has 3 aromatic rings. The molecule has 1 aromatic heterocycles. The molecule has 0 saturated carbocycles. The SMILES string of the molecule is [C-]#[N+]c1ccc(C2CCC[C@H](C)N2Cc2c(OC)cc(C)c3c2ccn3C(=O)OC(C)(C)C)cc1. The number of aromatic nitrogens is 1. The summed E-state index contributed by atoms with van der Waals surface area (Å²) in [5.74, 6) is 0.830. The molecule has 6 nitrogen and oxygen atoms in total. The van der Waals surface area contributed by atoms with Gasteiger partial charge in [-0.3, -0.25) is 9.47 Å². The summed E-state index contributed by atoms with van der Waals surface area (Å²) in [5.41, 5.74) is 4.22. The molecule has 184 valence electrons. The van der Waals surface area contributed by atoms with Gasteiger partial charge in [-0.2, -0.15) is 0 Å². The lowest BCUT2D eigenvalue weighted by molar-refractivity contribution is 0.0544. The first kappa shape index (κ1) is 24.8. The second-order valence-electron chi connectivity index (χ2n) is 10.5. The number of carbonyl (C=O) groups excluding carboxylic acids is 1. The average Bonchev–Trinajstić information content (AvgIpc) is 3.27. The quantitative estimate of drug-likeness (QED) is 0.370. The summed E-state index contributed by atoms with van der Waals surface area (Å²) in [6.07, 6.45) is 4.79. The Morgan fingerprint density at radius 3 is 2.51 bits per heavy atom. The minimum absolute atomic E-state index is 0.257. The van der Waals surface area contributed by atoms with E-state index in [1.165, 1.54) is 12.0 Å². The zero-order chi connectivity index (χ0) is 25.3. The van der Waals surface area contributed by atoms with E-state index in [0.717, 1.165) is 40.6 Å². The number of nitrogens with zero attached hydrogens (tertiary/aromatic N) is 3. The Bertz CT molecular complexity index is 1260. The standard InChI is InChI=1S/C29H35N3O3/c1-19-17-26(34-7)24(23-15-16-31(27(19)23)28(33)35-29(3,4)5)18-32-20(2)9-8-10-25(32)21-11-13-22(30-6)14-12-21/h11-17,20,25H,8-10,18H2,1-5,7H3/t20-,25?/m0/s1. The largest absolute Gasteiger partial charge is 0.496 e. The van der Waals surface area contributed by atoms with Crippen LogP contribution in [0.15, 0.2) is 42.6 Å². The van der Waals surface area contributed by atoms with Crippen LogP contribution in [0.4, 0.5) is 10.5 Å². The Labute approximate surface area is 208 Å². The Morgan fingerprint density at radius 2 is 1.89 bits per heavy atom. The molecule has 1 aliphatic rings. The van der Waals surface area contributed by atoms with Gasteiger partial charge in [-0.15, -0.1) is 0 Å². The van der Waals surface area contributed by atoms with Crippen molar-refractivity contribution >= 4 is 22.7 Å². The molecular weight excluding hydrogens is 438 g/mol. The third-order valence-corrected chi connectivity index (χ3v) is 6.85. The number of rotatable bonds is 4. The predicted molar refractivity (Wildman–Crippen MR) is 139 cm³/mol. The summed E-state index contributed by atoms with van der Waals surface area (Å²) in [7, 11) is 1.70. The number of aryl methyl sites for hydroxylation is 1. The van der Waals surface area contributed by atoms with Crippen molar-refractivity contribution in [2.75, 3.05) is 7.11 Å². The number of piperidine rings is 1. The zero-order valence-corrected chi connectivity index (χ0v) is 21.6. The van der Waals surface area contributed by atoms with Crippen LogP contribution in [0.5, 0.6) is 5.75 Å². The normalized spacial score (nSPS) is 18.9. The monoisotopic (exact) mass is 473 g/mol. The van der Waals surface area contributed by atoms with E-state index in [0.29, 0.717) is 18.3 Å². The van der Waals surface area contributed by atoms with Gasteiger partial charge in [0.15, 0.2) is 5.69 Å². The van der Waals surface area contributed by atoms with E-state index in [9.17, 15) is 4.79 Å². The summed E-state index contributed by atoms with van der Waals surface area (Å²) in [4.78, 5) is 19.0. The Morgan fingerprint density at radius 1 is 1.17 bits per heavy atom. The highest BCUT2D eigenvalue weighted by Crippen LogP contribution is 2.40. The summed E-state index contributed by atoms with van der Waals surface area (Å²) in [6.45, 7) is 17.9. The second kappa shape index (κ2) is 9.75. The molecule has 2 heterocycles. The zero-order valence-electron chi connectivity index (χ0n) is 21.6. The van der Waals surface area contributed by atoms with Gasteiger partial charge in [0.25, 0.3) is 0 Å². The molecule has 1 saturated heterocycles. The van der Waals surface area contributed by atoms with Crippen LogP contribution in [0.2, 0.25) is 0 Å². The molecule has 0 bridgehead atoms. The highest BCUT2D eigenvalue weighted by Gasteiger charge is 2.31. The lowest BCUT2D eigenvalue weighted by Crippen LogP contribution is -2.39. The van der Waals surface area contributed by atoms with E-state index in [4.69, 9.17) is 16.0 Å². The molecule has 4 rings (SSSR count). The van der Waals surface area contributed by atoms with E-state index >= 15 is 0 Å². The van der Waals surface area contributed by atoms with Crippen LogP contribution in [-0.2, 0) is 11.3 Å². The number of methoxy groups -OCH3 is 1. The summed E-state index contributed by atoms with van der Waals surface area (Å²) in [5, 5.41) is 1.01. The molecule has 0 amide bonds. The van der Waals surface area contributed by atoms with Crippen molar-refractivity contribution in [2.45, 2.75) is 78.1 Å². The van der Waals surface area contributed by atoms with Gasteiger partial charge in [-0.25, -0.2) is 9.64 Å². The van der Waals surface area contributed by atoms with Gasteiger partial charge in [0.2, 0.25) is 0 Å². The molecule has 2 atom stereocenters. The van der Waals surface area contributed by atoms with Crippen LogP contribution in [0.1, 0.15) is 69.7 Å². The smallest absolute Gasteiger partial charge is 0.419 e. The first-order valence-corrected chi connectivity index (χ1v) is 12.3. The van der Waals surface area contributed by atoms with Crippen molar-refractivity contribution in [3.63, 3.8) is 0 Å². The highest BCUT2D eigenvalue weighted by molar-refractivity contribution is 5.95. The third kappa shape index (κ3) is 5.06. The molecule has 6 heteroatoms. The van der Waals surface area contributed by atoms with Gasteiger partial charge in [-0.05, 0) is 70.7 Å². The molecule has 1 fully saturated rings. The maximum absolute atomic E-state index is 13.0. The molecule has 0 aliphatic carbocycles. The number of likely N-dealkylation sites (tertiary alicyclic amines) is 1. The highest BCUT2D eigenvalue weighted by atomic mass is 16.6. The maximum atomic E-state index is 13.0. The van der Waals surface area contributed by atoms with Gasteiger partial charge in [0.05, 0.1) is 19.2 Å². The summed E-state index contributed by atoms with van der Waals surface area (Å²) < 4.78 is 13.1. The van der Waals surface area contributed by atoms with Crippen molar-refractivity contribution in [3.05, 3.63) is 70.7 Å². The Hall–Kier alpha value is -3.30. The number of benzene rings is 2.